The monoisotopic (exact) mass is 458 g/mol. The lowest BCUT2D eigenvalue weighted by Crippen LogP contribution is -2.31. The molecule has 0 bridgehead atoms. The number of benzene rings is 2. The highest BCUT2D eigenvalue weighted by Crippen LogP contribution is 2.29. The highest BCUT2D eigenvalue weighted by atomic mass is 16.5. The minimum atomic E-state index is -1.11. The van der Waals surface area contributed by atoms with E-state index in [1.165, 1.54) is 50.2 Å². The number of piperidine rings is 1. The van der Waals surface area contributed by atoms with Crippen molar-refractivity contribution < 1.29 is 19.1 Å². The first kappa shape index (κ1) is 21.9. The number of carboxylic acid groups (broad SMARTS) is 1. The SMILES string of the molecule is O=C(O)c1cc(Oc2ccc3nc(Nc4ccccc4CCN4CCCCC4)oc3c2)ccn1. The summed E-state index contributed by atoms with van der Waals surface area (Å²) in [4.78, 5) is 22.0. The van der Waals surface area contributed by atoms with Gasteiger partial charge in [0.05, 0.1) is 0 Å². The molecule has 2 aromatic heterocycles. The second kappa shape index (κ2) is 9.93. The molecule has 5 rings (SSSR count). The van der Waals surface area contributed by atoms with Gasteiger partial charge in [0.15, 0.2) is 11.3 Å². The molecule has 0 unspecified atom stereocenters. The molecule has 1 aliphatic rings. The van der Waals surface area contributed by atoms with Crippen molar-refractivity contribution in [2.24, 2.45) is 0 Å². The number of pyridine rings is 1. The number of carboxylic acids is 1. The standard InChI is InChI=1S/C26H26N4O4/c31-25(32)23-16-20(10-12-27-23)33-19-8-9-22-24(17-19)34-26(29-22)28-21-7-3-2-6-18(21)11-15-30-13-4-1-5-14-30/h2-3,6-10,12,16-17H,1,4-5,11,13-15H2,(H,28,29)(H,31,32). The molecular formula is C26H26N4O4. The second-order valence-corrected chi connectivity index (χ2v) is 8.37. The topological polar surface area (TPSA) is 101 Å². The first-order valence-electron chi connectivity index (χ1n) is 11.5. The zero-order valence-electron chi connectivity index (χ0n) is 18.7. The smallest absolute Gasteiger partial charge is 0.354 e. The Morgan fingerprint density at radius 1 is 1.06 bits per heavy atom. The minimum absolute atomic E-state index is 0.0799. The van der Waals surface area contributed by atoms with Gasteiger partial charge in [-0.05, 0) is 62.2 Å². The summed E-state index contributed by atoms with van der Waals surface area (Å²) < 4.78 is 11.7. The van der Waals surface area contributed by atoms with Crippen molar-refractivity contribution in [2.75, 3.05) is 25.0 Å². The predicted molar refractivity (Wildman–Crippen MR) is 129 cm³/mol. The molecule has 0 radical (unpaired) electrons. The Morgan fingerprint density at radius 3 is 2.74 bits per heavy atom. The third-order valence-corrected chi connectivity index (χ3v) is 5.95. The fraction of sp³-hybridized carbons (Fsp3) is 0.269. The molecule has 4 aromatic rings. The van der Waals surface area contributed by atoms with Gasteiger partial charge < -0.3 is 24.5 Å². The number of para-hydroxylation sites is 1. The molecule has 0 saturated carbocycles. The van der Waals surface area contributed by atoms with Crippen LogP contribution in [0, 0.1) is 0 Å². The van der Waals surface area contributed by atoms with Gasteiger partial charge in [-0.3, -0.25) is 0 Å². The number of oxazole rings is 1. The van der Waals surface area contributed by atoms with Crippen molar-refractivity contribution in [3.8, 4) is 11.5 Å². The van der Waals surface area contributed by atoms with E-state index in [2.05, 4.69) is 32.3 Å². The summed E-state index contributed by atoms with van der Waals surface area (Å²) in [5.74, 6) is -0.213. The fourth-order valence-corrected chi connectivity index (χ4v) is 4.19. The number of nitrogens with one attached hydrogen (secondary N) is 1. The van der Waals surface area contributed by atoms with Crippen LogP contribution in [-0.4, -0.2) is 45.6 Å². The van der Waals surface area contributed by atoms with Gasteiger partial charge >= 0.3 is 5.97 Å². The molecule has 1 fully saturated rings. The van der Waals surface area contributed by atoms with Crippen molar-refractivity contribution in [3.05, 3.63) is 72.1 Å². The van der Waals surface area contributed by atoms with Gasteiger partial charge in [0.1, 0.15) is 17.0 Å². The molecule has 8 nitrogen and oxygen atoms in total. The lowest BCUT2D eigenvalue weighted by molar-refractivity contribution is 0.0690. The summed E-state index contributed by atoms with van der Waals surface area (Å²) in [6.45, 7) is 3.41. The summed E-state index contributed by atoms with van der Waals surface area (Å²) in [7, 11) is 0. The van der Waals surface area contributed by atoms with Crippen molar-refractivity contribution in [3.63, 3.8) is 0 Å². The predicted octanol–water partition coefficient (Wildman–Crippen LogP) is 5.49. The molecule has 0 atom stereocenters. The largest absolute Gasteiger partial charge is 0.477 e. The number of ether oxygens (including phenoxy) is 1. The van der Waals surface area contributed by atoms with Gasteiger partial charge in [-0.15, -0.1) is 0 Å². The average Bonchev–Trinajstić information content (AvgIpc) is 3.26. The molecule has 34 heavy (non-hydrogen) atoms. The van der Waals surface area contributed by atoms with Crippen LogP contribution in [0.5, 0.6) is 11.5 Å². The second-order valence-electron chi connectivity index (χ2n) is 8.37. The van der Waals surface area contributed by atoms with E-state index < -0.39 is 5.97 Å². The van der Waals surface area contributed by atoms with Gasteiger partial charge in [0.2, 0.25) is 0 Å². The Morgan fingerprint density at radius 2 is 1.88 bits per heavy atom. The van der Waals surface area contributed by atoms with E-state index in [9.17, 15) is 4.79 Å². The Hall–Kier alpha value is -3.91. The minimum Gasteiger partial charge on any atom is -0.477 e. The van der Waals surface area contributed by atoms with E-state index in [-0.39, 0.29) is 5.69 Å². The number of hydrogen-bond acceptors (Lipinski definition) is 7. The number of carbonyl (C=O) groups is 1. The maximum Gasteiger partial charge on any atom is 0.354 e. The van der Waals surface area contributed by atoms with Gasteiger partial charge in [-0.25, -0.2) is 9.78 Å². The average molecular weight is 459 g/mol. The number of rotatable bonds is 8. The van der Waals surface area contributed by atoms with Gasteiger partial charge in [-0.2, -0.15) is 4.98 Å². The molecule has 174 valence electrons. The van der Waals surface area contributed by atoms with E-state index in [0.717, 1.165) is 18.7 Å². The Bertz CT molecular complexity index is 1300. The van der Waals surface area contributed by atoms with E-state index in [4.69, 9.17) is 14.3 Å². The lowest BCUT2D eigenvalue weighted by atomic mass is 10.1. The van der Waals surface area contributed by atoms with E-state index in [1.807, 2.05) is 12.1 Å². The molecule has 2 aromatic carbocycles. The van der Waals surface area contributed by atoms with Crippen molar-refractivity contribution in [2.45, 2.75) is 25.7 Å². The fourth-order valence-electron chi connectivity index (χ4n) is 4.19. The quantitative estimate of drug-likeness (QED) is 0.358. The molecule has 0 amide bonds. The van der Waals surface area contributed by atoms with Crippen LogP contribution in [0.15, 0.2) is 65.2 Å². The molecule has 2 N–H and O–H groups in total. The van der Waals surface area contributed by atoms with Gasteiger partial charge in [0.25, 0.3) is 6.01 Å². The van der Waals surface area contributed by atoms with Crippen LogP contribution in [0.25, 0.3) is 11.1 Å². The zero-order valence-corrected chi connectivity index (χ0v) is 18.7. The first-order chi connectivity index (χ1) is 16.6. The van der Waals surface area contributed by atoms with Crippen LogP contribution in [0.1, 0.15) is 35.3 Å². The number of fused-ring (bicyclic) bond motifs is 1. The number of aromatic nitrogens is 2. The van der Waals surface area contributed by atoms with Crippen LogP contribution < -0.4 is 10.1 Å². The molecule has 8 heteroatoms. The maximum absolute atomic E-state index is 11.1. The van der Waals surface area contributed by atoms with Crippen LogP contribution in [0.2, 0.25) is 0 Å². The lowest BCUT2D eigenvalue weighted by Gasteiger charge is -2.26. The van der Waals surface area contributed by atoms with Crippen LogP contribution in [0.3, 0.4) is 0 Å². The highest BCUT2D eigenvalue weighted by Gasteiger charge is 2.13. The molecule has 1 saturated heterocycles. The van der Waals surface area contributed by atoms with Gasteiger partial charge in [0, 0.05) is 30.6 Å². The van der Waals surface area contributed by atoms with Gasteiger partial charge in [-0.1, -0.05) is 24.6 Å². The summed E-state index contributed by atoms with van der Waals surface area (Å²) in [6.07, 6.45) is 6.28. The summed E-state index contributed by atoms with van der Waals surface area (Å²) >= 11 is 0. The van der Waals surface area contributed by atoms with E-state index in [1.54, 1.807) is 24.3 Å². The zero-order chi connectivity index (χ0) is 23.3. The molecular weight excluding hydrogens is 432 g/mol. The normalized spacial score (nSPS) is 14.2. The van der Waals surface area contributed by atoms with Crippen LogP contribution in [0.4, 0.5) is 11.7 Å². The molecule has 3 heterocycles. The maximum atomic E-state index is 11.1. The number of likely N-dealkylation sites (tertiary alicyclic amines) is 1. The Balaban J connectivity index is 1.30. The van der Waals surface area contributed by atoms with Crippen molar-refractivity contribution >= 4 is 28.8 Å². The summed E-state index contributed by atoms with van der Waals surface area (Å²) in [5, 5.41) is 12.4. The van der Waals surface area contributed by atoms with E-state index >= 15 is 0 Å². The number of aromatic carboxylic acids is 1. The highest BCUT2D eigenvalue weighted by molar-refractivity contribution is 5.85. The third-order valence-electron chi connectivity index (χ3n) is 5.95. The Kier molecular flexibility index (Phi) is 6.40. The third kappa shape index (κ3) is 5.18. The number of nitrogens with zero attached hydrogens (tertiary/aromatic N) is 3. The number of hydrogen-bond donors (Lipinski definition) is 2. The van der Waals surface area contributed by atoms with E-state index in [0.29, 0.717) is 28.6 Å². The molecule has 0 spiro atoms. The molecule has 0 aliphatic carbocycles. The summed E-state index contributed by atoms with van der Waals surface area (Å²) in [5.41, 5.74) is 3.40. The van der Waals surface area contributed by atoms with Crippen molar-refractivity contribution in [1.29, 1.82) is 0 Å². The Labute approximate surface area is 197 Å². The van der Waals surface area contributed by atoms with Crippen LogP contribution >= 0.6 is 0 Å². The first-order valence-corrected chi connectivity index (χ1v) is 11.5. The van der Waals surface area contributed by atoms with Crippen molar-refractivity contribution in [1.82, 2.24) is 14.9 Å². The molecule has 1 aliphatic heterocycles. The van der Waals surface area contributed by atoms with Crippen LogP contribution in [-0.2, 0) is 6.42 Å². The number of anilines is 2. The summed E-state index contributed by atoms with van der Waals surface area (Å²) in [6, 6.07) is 16.9.